The summed E-state index contributed by atoms with van der Waals surface area (Å²) in [7, 11) is 0. The fraction of sp³-hybridized carbons (Fsp3) is 0.684. The molecular weight excluding hydrogens is 274 g/mol. The summed E-state index contributed by atoms with van der Waals surface area (Å²) in [6.45, 7) is 12.5. The summed E-state index contributed by atoms with van der Waals surface area (Å²) in [4.78, 5) is 0. The summed E-state index contributed by atoms with van der Waals surface area (Å²) >= 11 is 2.10. The summed E-state index contributed by atoms with van der Waals surface area (Å²) in [6.07, 6.45) is 3.60. The molecule has 1 nitrogen and oxygen atoms in total. The van der Waals surface area contributed by atoms with Gasteiger partial charge >= 0.3 is 0 Å². The van der Waals surface area contributed by atoms with Gasteiger partial charge in [-0.05, 0) is 42.9 Å². The topological polar surface area (TPSA) is 12.0 Å². The maximum Gasteiger partial charge on any atom is 0.0198 e. The fourth-order valence-corrected chi connectivity index (χ4v) is 3.29. The third-order valence-corrected chi connectivity index (χ3v) is 5.47. The van der Waals surface area contributed by atoms with Crippen molar-refractivity contribution in [1.29, 1.82) is 0 Å². The molecule has 1 N–H and O–H groups in total. The van der Waals surface area contributed by atoms with Crippen molar-refractivity contribution < 1.29 is 0 Å². The first kappa shape index (κ1) is 18.6. The standard InChI is InChI=1S/C19H33NS/c1-6-12-20-19(14-21-16(5)7-2)13-17-8-10-18(11-9-17)15(3)4/h8-11,15-16,19-20H,6-7,12-14H2,1-5H3. The number of hydrogen-bond acceptors (Lipinski definition) is 2. The lowest BCUT2D eigenvalue weighted by atomic mass is 9.99. The molecule has 0 fully saturated rings. The third kappa shape index (κ3) is 7.37. The Balaban J connectivity index is 2.57. The van der Waals surface area contributed by atoms with Gasteiger partial charge in [-0.25, -0.2) is 0 Å². The van der Waals surface area contributed by atoms with Crippen LogP contribution in [0.2, 0.25) is 0 Å². The van der Waals surface area contributed by atoms with Gasteiger partial charge in [-0.3, -0.25) is 0 Å². The molecule has 0 aliphatic carbocycles. The van der Waals surface area contributed by atoms with Crippen molar-refractivity contribution >= 4 is 11.8 Å². The first-order valence-corrected chi connectivity index (χ1v) is 9.55. The molecule has 0 aliphatic rings. The largest absolute Gasteiger partial charge is 0.313 e. The minimum absolute atomic E-state index is 0.592. The van der Waals surface area contributed by atoms with Gasteiger partial charge in [-0.2, -0.15) is 11.8 Å². The molecular formula is C19H33NS. The van der Waals surface area contributed by atoms with E-state index in [1.807, 2.05) is 0 Å². The van der Waals surface area contributed by atoms with Crippen LogP contribution in [-0.2, 0) is 6.42 Å². The Morgan fingerprint density at radius 1 is 1.05 bits per heavy atom. The molecule has 1 rings (SSSR count). The highest BCUT2D eigenvalue weighted by atomic mass is 32.2. The normalized spacial score (nSPS) is 14.4. The molecule has 0 heterocycles. The second-order valence-corrected chi connectivity index (χ2v) is 7.78. The van der Waals surface area contributed by atoms with Crippen LogP contribution in [0.15, 0.2) is 24.3 Å². The second-order valence-electron chi connectivity index (χ2n) is 6.30. The second kappa shape index (κ2) is 10.3. The van der Waals surface area contributed by atoms with Crippen LogP contribution in [0.25, 0.3) is 0 Å². The van der Waals surface area contributed by atoms with Crippen molar-refractivity contribution in [2.75, 3.05) is 12.3 Å². The fourth-order valence-electron chi connectivity index (χ4n) is 2.26. The van der Waals surface area contributed by atoms with Gasteiger partial charge in [-0.1, -0.05) is 58.9 Å². The van der Waals surface area contributed by atoms with Gasteiger partial charge in [0.1, 0.15) is 0 Å². The Hall–Kier alpha value is -0.470. The molecule has 0 amide bonds. The Kier molecular flexibility index (Phi) is 9.10. The van der Waals surface area contributed by atoms with Gasteiger partial charge in [0.05, 0.1) is 0 Å². The van der Waals surface area contributed by atoms with Crippen molar-refractivity contribution in [3.05, 3.63) is 35.4 Å². The molecule has 2 heteroatoms. The number of hydrogen-bond donors (Lipinski definition) is 1. The molecule has 2 atom stereocenters. The molecule has 0 spiro atoms. The average Bonchev–Trinajstić information content (AvgIpc) is 2.50. The lowest BCUT2D eigenvalue weighted by Gasteiger charge is -2.20. The summed E-state index contributed by atoms with van der Waals surface area (Å²) < 4.78 is 0. The minimum Gasteiger partial charge on any atom is -0.313 e. The van der Waals surface area contributed by atoms with Crippen molar-refractivity contribution in [3.63, 3.8) is 0 Å². The Morgan fingerprint density at radius 3 is 2.24 bits per heavy atom. The van der Waals surface area contributed by atoms with Gasteiger partial charge in [0.15, 0.2) is 0 Å². The van der Waals surface area contributed by atoms with Crippen LogP contribution in [0, 0.1) is 0 Å². The van der Waals surface area contributed by atoms with Gasteiger partial charge < -0.3 is 5.32 Å². The maximum atomic E-state index is 3.71. The molecule has 0 bridgehead atoms. The molecule has 0 saturated carbocycles. The van der Waals surface area contributed by atoms with Crippen LogP contribution >= 0.6 is 11.8 Å². The van der Waals surface area contributed by atoms with E-state index in [2.05, 4.69) is 76.0 Å². The lowest BCUT2D eigenvalue weighted by Crippen LogP contribution is -2.34. The van der Waals surface area contributed by atoms with Crippen LogP contribution in [0.3, 0.4) is 0 Å². The summed E-state index contributed by atoms with van der Waals surface area (Å²) in [6, 6.07) is 9.79. The Labute approximate surface area is 136 Å². The van der Waals surface area contributed by atoms with Gasteiger partial charge in [-0.15, -0.1) is 0 Å². The predicted molar refractivity (Wildman–Crippen MR) is 98.5 cm³/mol. The van der Waals surface area contributed by atoms with Crippen LogP contribution in [-0.4, -0.2) is 23.6 Å². The number of thioether (sulfide) groups is 1. The summed E-state index contributed by atoms with van der Waals surface area (Å²) in [5.74, 6) is 1.83. The Bertz CT molecular complexity index is 372. The van der Waals surface area contributed by atoms with E-state index in [4.69, 9.17) is 0 Å². The van der Waals surface area contributed by atoms with E-state index in [0.717, 1.165) is 18.2 Å². The zero-order valence-corrected chi connectivity index (χ0v) is 15.3. The number of rotatable bonds is 10. The highest BCUT2D eigenvalue weighted by Crippen LogP contribution is 2.18. The minimum atomic E-state index is 0.592. The van der Waals surface area contributed by atoms with E-state index < -0.39 is 0 Å². The van der Waals surface area contributed by atoms with Crippen molar-refractivity contribution in [2.24, 2.45) is 0 Å². The van der Waals surface area contributed by atoms with Gasteiger partial charge in [0, 0.05) is 17.0 Å². The average molecular weight is 308 g/mol. The molecule has 0 saturated heterocycles. The van der Waals surface area contributed by atoms with E-state index in [1.165, 1.54) is 29.7 Å². The molecule has 2 unspecified atom stereocenters. The van der Waals surface area contributed by atoms with E-state index in [-0.39, 0.29) is 0 Å². The maximum absolute atomic E-state index is 3.71. The summed E-state index contributed by atoms with van der Waals surface area (Å²) in [5, 5.41) is 4.48. The molecule has 0 aromatic heterocycles. The quantitative estimate of drug-likeness (QED) is 0.633. The van der Waals surface area contributed by atoms with Gasteiger partial charge in [0.25, 0.3) is 0 Å². The Morgan fingerprint density at radius 2 is 1.71 bits per heavy atom. The smallest absolute Gasteiger partial charge is 0.0198 e. The first-order valence-electron chi connectivity index (χ1n) is 8.50. The van der Waals surface area contributed by atoms with E-state index in [1.54, 1.807) is 0 Å². The van der Waals surface area contributed by atoms with Crippen molar-refractivity contribution in [1.82, 2.24) is 5.32 Å². The third-order valence-electron chi connectivity index (χ3n) is 3.97. The van der Waals surface area contributed by atoms with E-state index >= 15 is 0 Å². The molecule has 1 aromatic carbocycles. The van der Waals surface area contributed by atoms with Crippen LogP contribution in [0.1, 0.15) is 64.5 Å². The van der Waals surface area contributed by atoms with Crippen molar-refractivity contribution in [2.45, 2.75) is 71.1 Å². The highest BCUT2D eigenvalue weighted by Gasteiger charge is 2.11. The zero-order chi connectivity index (χ0) is 15.7. The van der Waals surface area contributed by atoms with E-state index in [0.29, 0.717) is 12.0 Å². The highest BCUT2D eigenvalue weighted by molar-refractivity contribution is 7.99. The predicted octanol–water partition coefficient (Wildman–Crippen LogP) is 5.25. The van der Waals surface area contributed by atoms with Crippen LogP contribution in [0.5, 0.6) is 0 Å². The number of nitrogens with one attached hydrogen (secondary N) is 1. The zero-order valence-electron chi connectivity index (χ0n) is 14.5. The number of benzene rings is 1. The van der Waals surface area contributed by atoms with Crippen LogP contribution < -0.4 is 5.32 Å². The molecule has 21 heavy (non-hydrogen) atoms. The lowest BCUT2D eigenvalue weighted by molar-refractivity contribution is 0.549. The molecule has 1 aromatic rings. The molecule has 0 aliphatic heterocycles. The van der Waals surface area contributed by atoms with Gasteiger partial charge in [0.2, 0.25) is 0 Å². The molecule has 120 valence electrons. The summed E-state index contributed by atoms with van der Waals surface area (Å²) in [5.41, 5.74) is 2.89. The SMILES string of the molecule is CCCNC(CSC(C)CC)Cc1ccc(C(C)C)cc1. The molecule has 0 radical (unpaired) electrons. The van der Waals surface area contributed by atoms with E-state index in [9.17, 15) is 0 Å². The monoisotopic (exact) mass is 307 g/mol. The van der Waals surface area contributed by atoms with Crippen molar-refractivity contribution in [3.8, 4) is 0 Å². The first-order chi connectivity index (χ1) is 10.1. The van der Waals surface area contributed by atoms with Crippen LogP contribution in [0.4, 0.5) is 0 Å².